The van der Waals surface area contributed by atoms with E-state index in [0.717, 1.165) is 13.8 Å². The van der Waals surface area contributed by atoms with Crippen molar-refractivity contribution in [1.29, 1.82) is 0 Å². The molecular formula is C40H69N3O30. The van der Waals surface area contributed by atoms with Gasteiger partial charge in [-0.15, -0.1) is 0 Å². The van der Waals surface area contributed by atoms with E-state index in [2.05, 4.69) is 10.6 Å². The second-order valence-electron chi connectivity index (χ2n) is 18.4. The Hall–Kier alpha value is -2.22. The highest BCUT2D eigenvalue weighted by Crippen LogP contribution is 2.36. The maximum absolute atomic E-state index is 12.2. The molecule has 0 aromatic heterocycles. The van der Waals surface area contributed by atoms with Gasteiger partial charge in [0.25, 0.3) is 0 Å². The van der Waals surface area contributed by atoms with Crippen molar-refractivity contribution < 1.29 is 149 Å². The van der Waals surface area contributed by atoms with Crippen LogP contribution in [0.2, 0.25) is 0 Å². The SMILES string of the molecule is CC(=O)N[C@H]1[C@H](O[C@@H]2[C@@H](OC[C@H]3O[C@@H](O[C@H]4[C@H](O)[C@@H](N)C(O)O[C@@H]4CO)[C@@H](O)[C@@H](O[C@H]4O[C@H](CO)[C@@H](O)[C@H](O)[C@@H]4O[C@@H]4O[C@H](CO)[C@@H](O)[C@H](O)[C@H]4NC(C)=O)[C@@H]3O)O[C@H](CO)[C@@H](O)[C@@H]2O)O[C@H](CO)[C@@H](O)[C@@H]1O. The zero-order valence-corrected chi connectivity index (χ0v) is 39.1. The molecule has 0 bridgehead atoms. The summed E-state index contributed by atoms with van der Waals surface area (Å²) in [5, 5.41) is 187. The molecule has 73 heavy (non-hydrogen) atoms. The molecule has 6 aliphatic rings. The molecule has 0 aromatic carbocycles. The van der Waals surface area contributed by atoms with Crippen LogP contribution in [0.5, 0.6) is 0 Å². The fraction of sp³-hybridized carbons (Fsp3) is 0.950. The van der Waals surface area contributed by atoms with Gasteiger partial charge < -0.3 is 155 Å². The van der Waals surface area contributed by atoms with E-state index < -0.39 is 236 Å². The predicted octanol–water partition coefficient (Wildman–Crippen LogP) is -13.8. The third kappa shape index (κ3) is 13.0. The molecule has 33 nitrogen and oxygen atoms in total. The summed E-state index contributed by atoms with van der Waals surface area (Å²) in [7, 11) is 0. The first kappa shape index (κ1) is 60.0. The molecule has 6 aliphatic heterocycles. The lowest BCUT2D eigenvalue weighted by Crippen LogP contribution is -2.69. The van der Waals surface area contributed by atoms with E-state index in [-0.39, 0.29) is 0 Å². The lowest BCUT2D eigenvalue weighted by Gasteiger charge is -2.50. The summed E-state index contributed by atoms with van der Waals surface area (Å²) < 4.78 is 63.7. The molecule has 30 atom stereocenters. The summed E-state index contributed by atoms with van der Waals surface area (Å²) >= 11 is 0. The third-order valence-corrected chi connectivity index (χ3v) is 13.3. The third-order valence-electron chi connectivity index (χ3n) is 13.3. The second kappa shape index (κ2) is 26.0. The Kier molecular flexibility index (Phi) is 21.3. The highest BCUT2D eigenvalue weighted by atomic mass is 16.8. The highest BCUT2D eigenvalue weighted by Gasteiger charge is 2.57. The van der Waals surface area contributed by atoms with Crippen LogP contribution in [0, 0.1) is 0 Å². The van der Waals surface area contributed by atoms with Gasteiger partial charge in [0.1, 0.15) is 140 Å². The monoisotopic (exact) mass is 1070 g/mol. The fourth-order valence-corrected chi connectivity index (χ4v) is 9.21. The van der Waals surface area contributed by atoms with Crippen molar-refractivity contribution in [3.05, 3.63) is 0 Å². The minimum absolute atomic E-state index is 0.765. The fourth-order valence-electron chi connectivity index (χ4n) is 9.21. The molecule has 6 heterocycles. The highest BCUT2D eigenvalue weighted by molar-refractivity contribution is 5.73. The second-order valence-corrected chi connectivity index (χ2v) is 18.4. The summed E-state index contributed by atoms with van der Waals surface area (Å²) in [5.41, 5.74) is 5.90. The number of nitrogens with one attached hydrogen (secondary N) is 2. The van der Waals surface area contributed by atoms with Crippen LogP contribution in [0.25, 0.3) is 0 Å². The van der Waals surface area contributed by atoms with Gasteiger partial charge >= 0.3 is 0 Å². The van der Waals surface area contributed by atoms with Gasteiger partial charge in [-0.2, -0.15) is 0 Å². The molecule has 424 valence electrons. The number of aliphatic hydroxyl groups excluding tert-OH is 17. The molecule has 33 heteroatoms. The molecule has 1 unspecified atom stereocenters. The summed E-state index contributed by atoms with van der Waals surface area (Å²) in [6, 6.07) is -4.86. The van der Waals surface area contributed by atoms with Crippen molar-refractivity contribution in [3.63, 3.8) is 0 Å². The Morgan fingerprint density at radius 2 is 0.767 bits per heavy atom. The van der Waals surface area contributed by atoms with Crippen LogP contribution in [0.4, 0.5) is 0 Å². The molecule has 0 aliphatic carbocycles. The molecule has 6 saturated heterocycles. The Bertz CT molecular complexity index is 1750. The molecule has 2 amide bonds. The number of rotatable bonds is 18. The van der Waals surface area contributed by atoms with Crippen LogP contribution < -0.4 is 16.4 Å². The van der Waals surface area contributed by atoms with E-state index in [4.69, 9.17) is 57.8 Å². The molecule has 0 saturated carbocycles. The summed E-state index contributed by atoms with van der Waals surface area (Å²) in [6.07, 6.45) is -51.5. The number of amides is 2. The topological polar surface area (TPSA) is 530 Å². The van der Waals surface area contributed by atoms with Crippen molar-refractivity contribution in [2.45, 2.75) is 198 Å². The van der Waals surface area contributed by atoms with Gasteiger partial charge in [-0.3, -0.25) is 9.59 Å². The standard InChI is InChI=1S/C40H69N3O30/c1-9(49)42-18-26(57)20(51)11(3-44)65-36(18)72-33-28(59)22(53)13(5-46)67-39(33)63-8-16-24(55)32(30(61)38(69-16)70-31-15(7-48)64-35(62)17(41)25(31)56)71-40-34(29(60)23(54)14(6-47)68-40)73-37-19(43-10(2)50)27(58)21(52)12(4-45)66-37/h11-40,44-48,51-62H,3-8,41H2,1-2H3,(H,42,49)(H,43,50)/t11-,12-,13-,14-,15-,16-,17-,18-,19-,20-,21-,22-,23-,24-,25-,26-,27-,28+,29+,30+,31-,32+,33+,34+,35?,36+,37+,38+,39+,40-/m1/s1. The minimum Gasteiger partial charge on any atom is -0.394 e. The number of hydrogen-bond acceptors (Lipinski definition) is 31. The van der Waals surface area contributed by atoms with E-state index in [1.165, 1.54) is 0 Å². The lowest BCUT2D eigenvalue weighted by atomic mass is 9.94. The number of ether oxygens (including phenoxy) is 11. The molecule has 0 spiro atoms. The summed E-state index contributed by atoms with van der Waals surface area (Å²) in [5.74, 6) is -1.55. The zero-order valence-electron chi connectivity index (χ0n) is 39.1. The summed E-state index contributed by atoms with van der Waals surface area (Å²) in [4.78, 5) is 24.3. The zero-order chi connectivity index (χ0) is 53.9. The van der Waals surface area contributed by atoms with Gasteiger partial charge in [-0.1, -0.05) is 0 Å². The van der Waals surface area contributed by atoms with E-state index in [1.807, 2.05) is 0 Å². The number of nitrogens with two attached hydrogens (primary N) is 1. The Labute approximate surface area is 413 Å². The normalized spacial score (nSPS) is 49.8. The van der Waals surface area contributed by atoms with Gasteiger partial charge in [0.2, 0.25) is 11.8 Å². The van der Waals surface area contributed by atoms with Crippen LogP contribution in [0.15, 0.2) is 0 Å². The van der Waals surface area contributed by atoms with Crippen LogP contribution in [0.1, 0.15) is 13.8 Å². The van der Waals surface area contributed by atoms with Crippen LogP contribution in [-0.4, -0.2) is 322 Å². The van der Waals surface area contributed by atoms with Crippen LogP contribution in [-0.2, 0) is 61.7 Å². The minimum atomic E-state index is -2.27. The average Bonchev–Trinajstić information content (AvgIpc) is 3.35. The number of hydrogen-bond donors (Lipinski definition) is 20. The summed E-state index contributed by atoms with van der Waals surface area (Å²) in [6.45, 7) is -3.61. The maximum atomic E-state index is 12.2. The van der Waals surface area contributed by atoms with Gasteiger partial charge in [0.05, 0.1) is 45.7 Å². The van der Waals surface area contributed by atoms with Crippen molar-refractivity contribution in [2.75, 3.05) is 39.6 Å². The molecule has 0 aromatic rings. The first-order valence-electron chi connectivity index (χ1n) is 23.2. The first-order valence-corrected chi connectivity index (χ1v) is 23.2. The van der Waals surface area contributed by atoms with Gasteiger partial charge in [0, 0.05) is 13.8 Å². The van der Waals surface area contributed by atoms with Crippen LogP contribution >= 0.6 is 0 Å². The number of aliphatic hydroxyl groups is 17. The Morgan fingerprint density at radius 3 is 1.21 bits per heavy atom. The van der Waals surface area contributed by atoms with Gasteiger partial charge in [-0.05, 0) is 0 Å². The number of carbonyl (C=O) groups is 2. The quantitative estimate of drug-likeness (QED) is 0.0606. The molecule has 21 N–H and O–H groups in total. The van der Waals surface area contributed by atoms with Gasteiger partial charge in [-0.25, -0.2) is 0 Å². The largest absolute Gasteiger partial charge is 0.394 e. The Morgan fingerprint density at radius 1 is 0.397 bits per heavy atom. The lowest BCUT2D eigenvalue weighted by molar-refractivity contribution is -0.394. The van der Waals surface area contributed by atoms with E-state index in [1.54, 1.807) is 0 Å². The van der Waals surface area contributed by atoms with Crippen LogP contribution in [0.3, 0.4) is 0 Å². The van der Waals surface area contributed by atoms with Crippen molar-refractivity contribution in [2.24, 2.45) is 5.73 Å². The number of carbonyl (C=O) groups excluding carboxylic acids is 2. The predicted molar refractivity (Wildman–Crippen MR) is 224 cm³/mol. The van der Waals surface area contributed by atoms with E-state index >= 15 is 0 Å². The smallest absolute Gasteiger partial charge is 0.217 e. The van der Waals surface area contributed by atoms with Gasteiger partial charge in [0.15, 0.2) is 37.7 Å². The maximum Gasteiger partial charge on any atom is 0.217 e. The molecular weight excluding hydrogens is 1000 g/mol. The first-order chi connectivity index (χ1) is 34.5. The molecule has 0 radical (unpaired) electrons. The average molecular weight is 1070 g/mol. The molecule has 6 fully saturated rings. The Balaban J connectivity index is 1.33. The van der Waals surface area contributed by atoms with E-state index in [9.17, 15) is 96.4 Å². The van der Waals surface area contributed by atoms with Crippen molar-refractivity contribution >= 4 is 11.8 Å². The van der Waals surface area contributed by atoms with E-state index in [0.29, 0.717) is 0 Å². The van der Waals surface area contributed by atoms with Crippen molar-refractivity contribution in [3.8, 4) is 0 Å². The molecule has 6 rings (SSSR count). The van der Waals surface area contributed by atoms with Crippen molar-refractivity contribution in [1.82, 2.24) is 10.6 Å².